The van der Waals surface area contributed by atoms with Crippen LogP contribution in [0.2, 0.25) is 0 Å². The quantitative estimate of drug-likeness (QED) is 0.569. The third-order valence-electron chi connectivity index (χ3n) is 4.27. The van der Waals surface area contributed by atoms with Gasteiger partial charge in [-0.2, -0.15) is 0 Å². The fourth-order valence-electron chi connectivity index (χ4n) is 3.03. The second-order valence-corrected chi connectivity index (χ2v) is 7.85. The molecule has 26 heavy (non-hydrogen) atoms. The van der Waals surface area contributed by atoms with E-state index in [1.54, 1.807) is 24.5 Å². The second kappa shape index (κ2) is 6.44. The van der Waals surface area contributed by atoms with Crippen LogP contribution in [0.15, 0.2) is 72.1 Å². The van der Waals surface area contributed by atoms with Crippen LogP contribution in [0.3, 0.4) is 0 Å². The molecule has 0 saturated carbocycles. The third kappa shape index (κ3) is 2.81. The number of H-pyrrole nitrogens is 1. The summed E-state index contributed by atoms with van der Waals surface area (Å²) in [7, 11) is -1.91. The van der Waals surface area contributed by atoms with Gasteiger partial charge in [0.05, 0.1) is 5.69 Å². The van der Waals surface area contributed by atoms with Gasteiger partial charge in [-0.25, -0.2) is 12.4 Å². The number of pyridine rings is 1. The van der Waals surface area contributed by atoms with E-state index in [2.05, 4.69) is 15.3 Å². The fourth-order valence-corrected chi connectivity index (χ4v) is 4.39. The average Bonchev–Trinajstić information content (AvgIpc) is 3.29. The van der Waals surface area contributed by atoms with Gasteiger partial charge < -0.3 is 10.3 Å². The lowest BCUT2D eigenvalue weighted by molar-refractivity contribution is 0.587. The normalized spacial score (nSPS) is 11.9. The van der Waals surface area contributed by atoms with Gasteiger partial charge in [0.1, 0.15) is 4.90 Å². The second-order valence-electron chi connectivity index (χ2n) is 6.03. The first-order chi connectivity index (χ1) is 12.6. The van der Waals surface area contributed by atoms with Crippen LogP contribution in [0, 0.1) is 0 Å². The van der Waals surface area contributed by atoms with Crippen LogP contribution in [0.4, 0.5) is 0 Å². The molecule has 4 aromatic rings. The summed E-state index contributed by atoms with van der Waals surface area (Å²) in [5.74, 6) is 0. The van der Waals surface area contributed by atoms with Gasteiger partial charge in [0.2, 0.25) is 0 Å². The molecule has 7 heteroatoms. The predicted octanol–water partition coefficient (Wildman–Crippen LogP) is 2.99. The highest BCUT2D eigenvalue weighted by Crippen LogP contribution is 2.29. The van der Waals surface area contributed by atoms with Crippen molar-refractivity contribution in [3.8, 4) is 11.3 Å². The first kappa shape index (κ1) is 16.6. The Morgan fingerprint density at radius 3 is 2.85 bits per heavy atom. The molecule has 3 heterocycles. The van der Waals surface area contributed by atoms with Crippen LogP contribution in [0.5, 0.6) is 0 Å². The molecule has 0 aliphatic heterocycles. The molecule has 3 aromatic heterocycles. The Hall–Kier alpha value is -2.90. The lowest BCUT2D eigenvalue weighted by atomic mass is 10.1. The maximum Gasteiger partial charge on any atom is 0.269 e. The van der Waals surface area contributed by atoms with Crippen LogP contribution in [-0.4, -0.2) is 29.4 Å². The molecule has 0 aliphatic rings. The Balaban J connectivity index is 1.91. The molecule has 0 aliphatic carbocycles. The molecule has 132 valence electrons. The largest absolute Gasteiger partial charge is 0.361 e. The number of hydrogen-bond donors (Lipinski definition) is 2. The van der Waals surface area contributed by atoms with E-state index < -0.39 is 10.0 Å². The van der Waals surface area contributed by atoms with Gasteiger partial charge in [-0.15, -0.1) is 0 Å². The van der Waals surface area contributed by atoms with Crippen molar-refractivity contribution in [2.75, 3.05) is 7.05 Å². The molecule has 0 saturated heterocycles. The van der Waals surface area contributed by atoms with E-state index in [4.69, 9.17) is 0 Å². The standard InChI is InChI=1S/C19H18N4O2S/c1-20-11-14-9-19(16-5-4-15-6-8-22-18(15)10-16)23(13-14)26(24,25)17-3-2-7-21-12-17/h2-10,12-13,20,22H,11H2,1H3. The Morgan fingerprint density at radius 1 is 1.19 bits per heavy atom. The summed E-state index contributed by atoms with van der Waals surface area (Å²) in [5.41, 5.74) is 3.30. The Labute approximate surface area is 151 Å². The summed E-state index contributed by atoms with van der Waals surface area (Å²) in [5, 5.41) is 4.15. The maximum atomic E-state index is 13.2. The Morgan fingerprint density at radius 2 is 2.08 bits per heavy atom. The zero-order chi connectivity index (χ0) is 18.1. The van der Waals surface area contributed by atoms with E-state index >= 15 is 0 Å². The molecule has 0 unspecified atom stereocenters. The molecule has 0 fully saturated rings. The monoisotopic (exact) mass is 366 g/mol. The number of benzene rings is 1. The molecular weight excluding hydrogens is 348 g/mol. The van der Waals surface area contributed by atoms with Crippen LogP contribution < -0.4 is 5.32 Å². The summed E-state index contributed by atoms with van der Waals surface area (Å²) < 4.78 is 27.6. The predicted molar refractivity (Wildman–Crippen MR) is 101 cm³/mol. The molecule has 0 radical (unpaired) electrons. The molecule has 6 nitrogen and oxygen atoms in total. The lowest BCUT2D eigenvalue weighted by Gasteiger charge is -2.10. The minimum Gasteiger partial charge on any atom is -0.361 e. The number of aromatic nitrogens is 3. The molecule has 2 N–H and O–H groups in total. The summed E-state index contributed by atoms with van der Waals surface area (Å²) in [6.45, 7) is 0.577. The SMILES string of the molecule is CNCc1cc(-c2ccc3cc[nH]c3c2)n(S(=O)(=O)c2cccnc2)c1. The molecule has 0 atom stereocenters. The fraction of sp³-hybridized carbons (Fsp3) is 0.105. The topological polar surface area (TPSA) is 79.8 Å². The van der Waals surface area contributed by atoms with Crippen molar-refractivity contribution in [2.45, 2.75) is 11.4 Å². The first-order valence-electron chi connectivity index (χ1n) is 8.18. The van der Waals surface area contributed by atoms with Crippen molar-refractivity contribution in [1.29, 1.82) is 0 Å². The van der Waals surface area contributed by atoms with Gasteiger partial charge >= 0.3 is 0 Å². The van der Waals surface area contributed by atoms with Crippen LogP contribution in [0.25, 0.3) is 22.2 Å². The molecule has 4 rings (SSSR count). The van der Waals surface area contributed by atoms with Gasteiger partial charge in [0.15, 0.2) is 0 Å². The highest BCUT2D eigenvalue weighted by Gasteiger charge is 2.22. The molecule has 1 aromatic carbocycles. The number of nitrogens with zero attached hydrogens (tertiary/aromatic N) is 2. The first-order valence-corrected chi connectivity index (χ1v) is 9.62. The van der Waals surface area contributed by atoms with E-state index in [-0.39, 0.29) is 4.90 Å². The molecule has 0 amide bonds. The third-order valence-corrected chi connectivity index (χ3v) is 5.92. The average molecular weight is 366 g/mol. The van der Waals surface area contributed by atoms with Gasteiger partial charge in [0, 0.05) is 42.4 Å². The van der Waals surface area contributed by atoms with Crippen molar-refractivity contribution in [3.63, 3.8) is 0 Å². The number of hydrogen-bond acceptors (Lipinski definition) is 4. The van der Waals surface area contributed by atoms with Crippen molar-refractivity contribution in [1.82, 2.24) is 19.3 Å². The van der Waals surface area contributed by atoms with E-state index in [9.17, 15) is 8.42 Å². The van der Waals surface area contributed by atoms with E-state index in [0.717, 1.165) is 22.0 Å². The number of aromatic amines is 1. The van der Waals surface area contributed by atoms with E-state index in [0.29, 0.717) is 12.2 Å². The minimum atomic E-state index is -3.74. The van der Waals surface area contributed by atoms with Crippen molar-refractivity contribution >= 4 is 20.9 Å². The number of nitrogens with one attached hydrogen (secondary N) is 2. The van der Waals surface area contributed by atoms with Crippen LogP contribution >= 0.6 is 0 Å². The maximum absolute atomic E-state index is 13.2. The molecule has 0 bridgehead atoms. The Kier molecular flexibility index (Phi) is 4.10. The highest BCUT2D eigenvalue weighted by molar-refractivity contribution is 7.90. The van der Waals surface area contributed by atoms with Crippen molar-refractivity contribution in [2.24, 2.45) is 0 Å². The Bertz CT molecular complexity index is 1160. The van der Waals surface area contributed by atoms with E-state index in [1.165, 1.54) is 10.2 Å². The summed E-state index contributed by atoms with van der Waals surface area (Å²) in [6, 6.07) is 12.9. The van der Waals surface area contributed by atoms with Gasteiger partial charge in [-0.1, -0.05) is 12.1 Å². The summed E-state index contributed by atoms with van der Waals surface area (Å²) >= 11 is 0. The van der Waals surface area contributed by atoms with Gasteiger partial charge in [-0.05, 0) is 48.3 Å². The molecule has 0 spiro atoms. The van der Waals surface area contributed by atoms with Gasteiger partial charge in [-0.3, -0.25) is 4.98 Å². The van der Waals surface area contributed by atoms with Crippen molar-refractivity contribution < 1.29 is 8.42 Å². The number of rotatable bonds is 5. The minimum absolute atomic E-state index is 0.161. The zero-order valence-electron chi connectivity index (χ0n) is 14.2. The lowest BCUT2D eigenvalue weighted by Crippen LogP contribution is -2.13. The number of fused-ring (bicyclic) bond motifs is 1. The molecular formula is C19H18N4O2S. The zero-order valence-corrected chi connectivity index (χ0v) is 15.0. The summed E-state index contributed by atoms with van der Waals surface area (Å²) in [6.07, 6.45) is 6.45. The van der Waals surface area contributed by atoms with Crippen LogP contribution in [0.1, 0.15) is 5.56 Å². The van der Waals surface area contributed by atoms with Crippen LogP contribution in [-0.2, 0) is 16.6 Å². The van der Waals surface area contributed by atoms with Crippen molar-refractivity contribution in [3.05, 3.63) is 72.8 Å². The smallest absolute Gasteiger partial charge is 0.269 e. The summed E-state index contributed by atoms with van der Waals surface area (Å²) in [4.78, 5) is 7.28. The van der Waals surface area contributed by atoms with E-state index in [1.807, 2.05) is 43.6 Å². The van der Waals surface area contributed by atoms with Gasteiger partial charge in [0.25, 0.3) is 10.0 Å². The highest BCUT2D eigenvalue weighted by atomic mass is 32.2.